The van der Waals surface area contributed by atoms with Gasteiger partial charge in [-0.15, -0.1) is 0 Å². The fourth-order valence-corrected chi connectivity index (χ4v) is 4.68. The third kappa shape index (κ3) is 9.22. The molecule has 0 spiro atoms. The van der Waals surface area contributed by atoms with Crippen LogP contribution in [0, 0.1) is 5.92 Å². The predicted molar refractivity (Wildman–Crippen MR) is 156 cm³/mol. The average molecular weight is 623 g/mol. The van der Waals surface area contributed by atoms with Crippen LogP contribution >= 0.6 is 23.2 Å². The SMILES string of the molecule is COc1ccc(C(CC(=O)N[C@@H](Cc2ccc(Cl)cc2)C(=O)N[C@H](C(=O)C(F)(F)F)C(C)C)c2ccc(Cl)cc2)cc1. The number of carbonyl (C=O) groups is 3. The summed E-state index contributed by atoms with van der Waals surface area (Å²) >= 11 is 12.0. The molecule has 0 saturated carbocycles. The summed E-state index contributed by atoms with van der Waals surface area (Å²) in [6, 6.07) is 17.5. The average Bonchev–Trinajstić information content (AvgIpc) is 2.95. The van der Waals surface area contributed by atoms with E-state index in [1.165, 1.54) is 21.0 Å². The predicted octanol–water partition coefficient (Wildman–Crippen LogP) is 6.52. The molecule has 0 aliphatic rings. The number of rotatable bonds is 12. The highest BCUT2D eigenvalue weighted by molar-refractivity contribution is 6.30. The Morgan fingerprint density at radius 1 is 0.810 bits per heavy atom. The van der Waals surface area contributed by atoms with Gasteiger partial charge in [-0.3, -0.25) is 14.4 Å². The lowest BCUT2D eigenvalue weighted by atomic mass is 9.88. The minimum absolute atomic E-state index is 0.0477. The second-order valence-corrected chi connectivity index (χ2v) is 11.0. The topological polar surface area (TPSA) is 84.5 Å². The normalized spacial score (nSPS) is 13.6. The first-order chi connectivity index (χ1) is 19.8. The molecule has 3 rings (SSSR count). The highest BCUT2D eigenvalue weighted by atomic mass is 35.5. The number of methoxy groups -OCH3 is 1. The monoisotopic (exact) mass is 622 g/mol. The van der Waals surface area contributed by atoms with Gasteiger partial charge in [-0.25, -0.2) is 0 Å². The smallest absolute Gasteiger partial charge is 0.452 e. The lowest BCUT2D eigenvalue weighted by molar-refractivity contribution is -0.175. The Morgan fingerprint density at radius 2 is 1.31 bits per heavy atom. The standard InChI is InChI=1S/C31H31Cl2F3N2O4/c1-18(2)28(29(40)31(34,35)36)38-30(41)26(16-19-4-10-22(32)11-5-19)37-27(39)17-25(20-6-12-23(33)13-7-20)21-8-14-24(42-3)15-9-21/h4-15,18,25-26,28H,16-17H2,1-3H3,(H,37,39)(H,38,41)/t25?,26-,28-/m0/s1. The van der Waals surface area contributed by atoms with Gasteiger partial charge in [-0.2, -0.15) is 13.2 Å². The van der Waals surface area contributed by atoms with E-state index >= 15 is 0 Å². The van der Waals surface area contributed by atoms with Crippen molar-refractivity contribution in [3.05, 3.63) is 99.5 Å². The van der Waals surface area contributed by atoms with Gasteiger partial charge in [-0.1, -0.05) is 73.4 Å². The Balaban J connectivity index is 1.89. The molecule has 3 aromatic rings. The zero-order chi connectivity index (χ0) is 31.0. The maximum absolute atomic E-state index is 13.5. The fraction of sp³-hybridized carbons (Fsp3) is 0.323. The maximum Gasteiger partial charge on any atom is 0.452 e. The van der Waals surface area contributed by atoms with Crippen molar-refractivity contribution in [1.29, 1.82) is 0 Å². The van der Waals surface area contributed by atoms with Gasteiger partial charge in [0.2, 0.25) is 11.8 Å². The van der Waals surface area contributed by atoms with Crippen molar-refractivity contribution in [3.8, 4) is 5.75 Å². The largest absolute Gasteiger partial charge is 0.497 e. The summed E-state index contributed by atoms with van der Waals surface area (Å²) in [5, 5.41) is 5.86. The van der Waals surface area contributed by atoms with Crippen LogP contribution in [-0.4, -0.2) is 43.0 Å². The van der Waals surface area contributed by atoms with E-state index in [1.54, 1.807) is 60.7 Å². The summed E-state index contributed by atoms with van der Waals surface area (Å²) in [5.74, 6) is -4.16. The van der Waals surface area contributed by atoms with E-state index in [1.807, 2.05) is 12.1 Å². The van der Waals surface area contributed by atoms with Crippen LogP contribution in [0.15, 0.2) is 72.8 Å². The first-order valence-electron chi connectivity index (χ1n) is 13.1. The number of carbonyl (C=O) groups excluding carboxylic acids is 3. The molecule has 224 valence electrons. The number of benzene rings is 3. The Kier molecular flexibility index (Phi) is 11.4. The lowest BCUT2D eigenvalue weighted by Crippen LogP contribution is -2.56. The number of ether oxygens (including phenoxy) is 1. The van der Waals surface area contributed by atoms with Gasteiger partial charge < -0.3 is 15.4 Å². The summed E-state index contributed by atoms with van der Waals surface area (Å²) in [4.78, 5) is 38.8. The molecule has 3 aromatic carbocycles. The van der Waals surface area contributed by atoms with Gasteiger partial charge in [0, 0.05) is 28.8 Å². The van der Waals surface area contributed by atoms with E-state index in [0.29, 0.717) is 21.4 Å². The molecule has 0 bridgehead atoms. The summed E-state index contributed by atoms with van der Waals surface area (Å²) in [6.07, 6.45) is -5.28. The zero-order valence-electron chi connectivity index (χ0n) is 23.2. The van der Waals surface area contributed by atoms with Gasteiger partial charge in [0.15, 0.2) is 0 Å². The maximum atomic E-state index is 13.5. The van der Waals surface area contributed by atoms with Gasteiger partial charge in [0.05, 0.1) is 13.2 Å². The number of Topliss-reactive ketones (excluding diaryl/α,β-unsaturated/α-hetero) is 1. The van der Waals surface area contributed by atoms with Crippen LogP contribution in [0.25, 0.3) is 0 Å². The van der Waals surface area contributed by atoms with Crippen LogP contribution in [0.3, 0.4) is 0 Å². The van der Waals surface area contributed by atoms with E-state index < -0.39 is 47.7 Å². The van der Waals surface area contributed by atoms with Crippen LogP contribution in [0.5, 0.6) is 5.75 Å². The molecule has 2 amide bonds. The summed E-state index contributed by atoms with van der Waals surface area (Å²) < 4.78 is 45.0. The van der Waals surface area contributed by atoms with E-state index in [-0.39, 0.29) is 12.8 Å². The molecule has 42 heavy (non-hydrogen) atoms. The second kappa shape index (κ2) is 14.6. The van der Waals surface area contributed by atoms with Gasteiger partial charge in [-0.05, 0) is 59.0 Å². The lowest BCUT2D eigenvalue weighted by Gasteiger charge is -2.26. The van der Waals surface area contributed by atoms with Crippen molar-refractivity contribution >= 4 is 40.8 Å². The van der Waals surface area contributed by atoms with E-state index in [0.717, 1.165) is 11.1 Å². The van der Waals surface area contributed by atoms with Gasteiger partial charge in [0.25, 0.3) is 5.78 Å². The molecule has 0 radical (unpaired) electrons. The van der Waals surface area contributed by atoms with Crippen LogP contribution in [0.4, 0.5) is 13.2 Å². The number of nitrogens with one attached hydrogen (secondary N) is 2. The molecule has 0 fully saturated rings. The Hall–Kier alpha value is -3.56. The fourth-order valence-electron chi connectivity index (χ4n) is 4.43. The third-order valence-corrected chi connectivity index (χ3v) is 7.22. The van der Waals surface area contributed by atoms with Gasteiger partial charge >= 0.3 is 6.18 Å². The van der Waals surface area contributed by atoms with E-state index in [4.69, 9.17) is 27.9 Å². The quantitative estimate of drug-likeness (QED) is 0.241. The molecule has 11 heteroatoms. The number of ketones is 1. The van der Waals surface area contributed by atoms with E-state index in [9.17, 15) is 27.6 Å². The molecule has 0 aromatic heterocycles. The molecule has 0 aliphatic heterocycles. The number of alkyl halides is 3. The molecular formula is C31H31Cl2F3N2O4. The molecule has 2 N–H and O–H groups in total. The molecular weight excluding hydrogens is 592 g/mol. The number of hydrogen-bond acceptors (Lipinski definition) is 4. The second-order valence-electron chi connectivity index (χ2n) is 10.1. The molecule has 0 heterocycles. The molecule has 0 aliphatic carbocycles. The van der Waals surface area contributed by atoms with Crippen molar-refractivity contribution in [2.24, 2.45) is 5.92 Å². The minimum atomic E-state index is -5.14. The van der Waals surface area contributed by atoms with Crippen LogP contribution in [-0.2, 0) is 20.8 Å². The molecule has 3 atom stereocenters. The summed E-state index contributed by atoms with van der Waals surface area (Å²) in [6.45, 7) is 2.79. The summed E-state index contributed by atoms with van der Waals surface area (Å²) in [7, 11) is 1.54. The first-order valence-corrected chi connectivity index (χ1v) is 13.9. The van der Waals surface area contributed by atoms with E-state index in [2.05, 4.69) is 10.6 Å². The first kappa shape index (κ1) is 32.9. The van der Waals surface area contributed by atoms with Crippen molar-refractivity contribution in [1.82, 2.24) is 10.6 Å². The van der Waals surface area contributed by atoms with Crippen molar-refractivity contribution in [2.45, 2.75) is 50.9 Å². The van der Waals surface area contributed by atoms with Crippen LogP contribution < -0.4 is 15.4 Å². The van der Waals surface area contributed by atoms with Crippen molar-refractivity contribution < 1.29 is 32.3 Å². The molecule has 6 nitrogen and oxygen atoms in total. The van der Waals surface area contributed by atoms with Crippen molar-refractivity contribution in [3.63, 3.8) is 0 Å². The zero-order valence-corrected chi connectivity index (χ0v) is 24.7. The van der Waals surface area contributed by atoms with Gasteiger partial charge in [0.1, 0.15) is 11.8 Å². The van der Waals surface area contributed by atoms with Crippen LogP contribution in [0.2, 0.25) is 10.0 Å². The van der Waals surface area contributed by atoms with Crippen LogP contribution in [0.1, 0.15) is 42.9 Å². The third-order valence-electron chi connectivity index (χ3n) is 6.71. The Bertz CT molecular complexity index is 1360. The number of halogens is 5. The highest BCUT2D eigenvalue weighted by Crippen LogP contribution is 2.30. The number of hydrogen-bond donors (Lipinski definition) is 2. The Labute approximate surface area is 252 Å². The number of amides is 2. The van der Waals surface area contributed by atoms with Crippen molar-refractivity contribution in [2.75, 3.05) is 7.11 Å². The highest BCUT2D eigenvalue weighted by Gasteiger charge is 2.45. The summed E-state index contributed by atoms with van der Waals surface area (Å²) in [5.41, 5.74) is 2.18. The Morgan fingerprint density at radius 3 is 1.79 bits per heavy atom. The molecule has 1 unspecified atom stereocenters. The molecule has 0 saturated heterocycles. The minimum Gasteiger partial charge on any atom is -0.497 e.